The fourth-order valence-corrected chi connectivity index (χ4v) is 2.79. The van der Waals surface area contributed by atoms with Crippen molar-refractivity contribution in [3.05, 3.63) is 30.5 Å². The Bertz CT molecular complexity index is 815. The highest BCUT2D eigenvalue weighted by molar-refractivity contribution is 5.89. The van der Waals surface area contributed by atoms with Crippen LogP contribution in [0.15, 0.2) is 24.7 Å². The molecule has 1 fully saturated rings. The predicted molar refractivity (Wildman–Crippen MR) is 104 cm³/mol. The van der Waals surface area contributed by atoms with Gasteiger partial charge in [0, 0.05) is 51.5 Å². The van der Waals surface area contributed by atoms with Gasteiger partial charge >= 0.3 is 11.9 Å². The molecular weight excluding hydrogens is 380 g/mol. The van der Waals surface area contributed by atoms with E-state index in [2.05, 4.69) is 24.8 Å². The van der Waals surface area contributed by atoms with Gasteiger partial charge in [0.2, 0.25) is 0 Å². The lowest BCUT2D eigenvalue weighted by Gasteiger charge is -2.26. The normalized spacial score (nSPS) is 14.7. The Kier molecular flexibility index (Phi) is 9.15. The van der Waals surface area contributed by atoms with E-state index in [1.807, 2.05) is 6.92 Å². The Morgan fingerprint density at radius 1 is 1.24 bits per heavy atom. The molecule has 0 unspecified atom stereocenters. The monoisotopic (exact) mass is 406 g/mol. The van der Waals surface area contributed by atoms with Crippen LogP contribution in [-0.2, 0) is 27.4 Å². The maximum absolute atomic E-state index is 9.55. The molecule has 2 aromatic heterocycles. The summed E-state index contributed by atoms with van der Waals surface area (Å²) >= 11 is 0. The van der Waals surface area contributed by atoms with E-state index in [1.165, 1.54) is 0 Å². The number of carbonyl (C=O) groups is 2. The zero-order chi connectivity index (χ0) is 21.1. The molecule has 0 saturated carbocycles. The van der Waals surface area contributed by atoms with Crippen LogP contribution in [0.2, 0.25) is 0 Å². The molecular formula is C18H26N6O5. The average molecular weight is 406 g/mol. The van der Waals surface area contributed by atoms with Gasteiger partial charge in [-0.25, -0.2) is 24.5 Å². The van der Waals surface area contributed by atoms with Crippen LogP contribution in [0.5, 0.6) is 0 Å². The number of hydrogen-bond donors (Lipinski definition) is 3. The lowest BCUT2D eigenvalue weighted by Crippen LogP contribution is -2.43. The Morgan fingerprint density at radius 3 is 2.55 bits per heavy atom. The van der Waals surface area contributed by atoms with Crippen molar-refractivity contribution in [3.63, 3.8) is 0 Å². The molecule has 11 nitrogen and oxygen atoms in total. The Morgan fingerprint density at radius 2 is 1.93 bits per heavy atom. The van der Waals surface area contributed by atoms with E-state index in [4.69, 9.17) is 19.9 Å². The summed E-state index contributed by atoms with van der Waals surface area (Å²) < 4.78 is 7.65. The van der Waals surface area contributed by atoms with E-state index in [1.54, 1.807) is 12.5 Å². The number of nitrogens with zero attached hydrogens (tertiary/aromatic N) is 5. The molecule has 1 aliphatic heterocycles. The Balaban J connectivity index is 0.000000321. The highest BCUT2D eigenvalue weighted by Gasteiger charge is 2.16. The number of carboxylic acids is 2. The smallest absolute Gasteiger partial charge is 0.328 e. The van der Waals surface area contributed by atoms with Gasteiger partial charge in [-0.15, -0.1) is 0 Å². The third-order valence-corrected chi connectivity index (χ3v) is 4.10. The standard InChI is InChI=1S/C14H22N6O.C4H4O4/c1-2-21-8-7-20-13(10-19-5-3-15-4-6-19)18-12-9-16-11-17-14(12)20;5-3(6)1-2-4(7)8/h9,11,15H,2-8,10H2,1H3;1-2H,(H,5,6)(H,7,8)/b;2-1+. The quantitative estimate of drug-likeness (QED) is 0.404. The molecule has 11 heteroatoms. The van der Waals surface area contributed by atoms with Crippen LogP contribution in [0.4, 0.5) is 0 Å². The number of nitrogens with one attached hydrogen (secondary N) is 1. The number of hydrogen-bond acceptors (Lipinski definition) is 8. The minimum Gasteiger partial charge on any atom is -0.478 e. The highest BCUT2D eigenvalue weighted by atomic mass is 16.5. The molecule has 0 bridgehead atoms. The van der Waals surface area contributed by atoms with Crippen molar-refractivity contribution in [1.82, 2.24) is 29.7 Å². The first kappa shape index (κ1) is 22.4. The maximum atomic E-state index is 9.55. The van der Waals surface area contributed by atoms with Crippen molar-refractivity contribution in [2.45, 2.75) is 20.0 Å². The fourth-order valence-electron chi connectivity index (χ4n) is 2.79. The summed E-state index contributed by atoms with van der Waals surface area (Å²) in [7, 11) is 0. The lowest BCUT2D eigenvalue weighted by molar-refractivity contribution is -0.134. The largest absolute Gasteiger partial charge is 0.478 e. The van der Waals surface area contributed by atoms with Crippen molar-refractivity contribution >= 4 is 23.1 Å². The van der Waals surface area contributed by atoms with Gasteiger partial charge in [-0.2, -0.15) is 0 Å². The van der Waals surface area contributed by atoms with E-state index in [0.29, 0.717) is 18.8 Å². The number of imidazole rings is 1. The van der Waals surface area contributed by atoms with Crippen molar-refractivity contribution in [2.24, 2.45) is 0 Å². The van der Waals surface area contributed by atoms with Crippen LogP contribution in [0.1, 0.15) is 12.7 Å². The highest BCUT2D eigenvalue weighted by Crippen LogP contribution is 2.14. The van der Waals surface area contributed by atoms with Crippen molar-refractivity contribution < 1.29 is 24.5 Å². The van der Waals surface area contributed by atoms with Gasteiger partial charge in [-0.3, -0.25) is 4.90 Å². The van der Waals surface area contributed by atoms with Crippen LogP contribution in [0, 0.1) is 0 Å². The van der Waals surface area contributed by atoms with Gasteiger partial charge in [-0.05, 0) is 6.92 Å². The summed E-state index contributed by atoms with van der Waals surface area (Å²) in [6.07, 6.45) is 4.47. The van der Waals surface area contributed by atoms with Crippen molar-refractivity contribution in [3.8, 4) is 0 Å². The van der Waals surface area contributed by atoms with Crippen molar-refractivity contribution in [1.29, 1.82) is 0 Å². The van der Waals surface area contributed by atoms with E-state index >= 15 is 0 Å². The second-order valence-corrected chi connectivity index (χ2v) is 6.14. The number of piperazine rings is 1. The summed E-state index contributed by atoms with van der Waals surface area (Å²) in [5.41, 5.74) is 1.76. The second kappa shape index (κ2) is 11.8. The zero-order valence-electron chi connectivity index (χ0n) is 16.3. The first-order valence-corrected chi connectivity index (χ1v) is 9.31. The SMILES string of the molecule is CCOCCn1c(CN2CCNCC2)nc2cncnc21.O=C(O)/C=C/C(=O)O. The zero-order valence-corrected chi connectivity index (χ0v) is 16.3. The average Bonchev–Trinajstić information content (AvgIpc) is 3.05. The van der Waals surface area contributed by atoms with Crippen LogP contribution in [0.3, 0.4) is 0 Å². The molecule has 3 N–H and O–H groups in total. The van der Waals surface area contributed by atoms with Crippen LogP contribution in [0.25, 0.3) is 11.2 Å². The van der Waals surface area contributed by atoms with Gasteiger partial charge in [-0.1, -0.05) is 0 Å². The Labute approximate surface area is 168 Å². The minimum atomic E-state index is -1.26. The first-order valence-electron chi connectivity index (χ1n) is 9.31. The van der Waals surface area contributed by atoms with Gasteiger partial charge in [0.15, 0.2) is 5.65 Å². The van der Waals surface area contributed by atoms with Crippen LogP contribution >= 0.6 is 0 Å². The molecule has 0 radical (unpaired) electrons. The fraction of sp³-hybridized carbons (Fsp3) is 0.500. The van der Waals surface area contributed by atoms with E-state index in [0.717, 1.165) is 62.9 Å². The molecule has 29 heavy (non-hydrogen) atoms. The first-order chi connectivity index (χ1) is 14.0. The molecule has 0 amide bonds. The third kappa shape index (κ3) is 7.56. The van der Waals surface area contributed by atoms with E-state index < -0.39 is 11.9 Å². The minimum absolute atomic E-state index is 0.558. The Hall–Kier alpha value is -2.89. The summed E-state index contributed by atoms with van der Waals surface area (Å²) in [6.45, 7) is 9.25. The van der Waals surface area contributed by atoms with E-state index in [9.17, 15) is 9.59 Å². The molecule has 3 heterocycles. The number of aliphatic carboxylic acids is 2. The predicted octanol–water partition coefficient (Wildman–Crippen LogP) is -0.0202. The summed E-state index contributed by atoms with van der Waals surface area (Å²) in [5, 5.41) is 19.0. The molecule has 158 valence electrons. The molecule has 3 rings (SSSR count). The summed E-state index contributed by atoms with van der Waals surface area (Å²) in [5.74, 6) is -1.47. The van der Waals surface area contributed by atoms with Crippen molar-refractivity contribution in [2.75, 3.05) is 39.4 Å². The molecule has 1 saturated heterocycles. The van der Waals surface area contributed by atoms with Gasteiger partial charge in [0.25, 0.3) is 0 Å². The number of rotatable bonds is 8. The number of carboxylic acid groups (broad SMARTS) is 2. The molecule has 0 spiro atoms. The van der Waals surface area contributed by atoms with Gasteiger partial charge in [0.05, 0.1) is 19.3 Å². The maximum Gasteiger partial charge on any atom is 0.328 e. The molecule has 0 aliphatic carbocycles. The van der Waals surface area contributed by atoms with E-state index in [-0.39, 0.29) is 0 Å². The van der Waals surface area contributed by atoms with Gasteiger partial charge < -0.3 is 24.8 Å². The number of fused-ring (bicyclic) bond motifs is 1. The number of ether oxygens (including phenoxy) is 1. The second-order valence-electron chi connectivity index (χ2n) is 6.14. The molecule has 0 atom stereocenters. The summed E-state index contributed by atoms with van der Waals surface area (Å²) in [6, 6.07) is 0. The lowest BCUT2D eigenvalue weighted by atomic mass is 10.3. The number of aromatic nitrogens is 4. The van der Waals surface area contributed by atoms with Crippen LogP contribution < -0.4 is 5.32 Å². The topological polar surface area (TPSA) is 143 Å². The van der Waals surface area contributed by atoms with Crippen LogP contribution in [-0.4, -0.2) is 86.0 Å². The third-order valence-electron chi connectivity index (χ3n) is 4.10. The van der Waals surface area contributed by atoms with Gasteiger partial charge in [0.1, 0.15) is 17.7 Å². The summed E-state index contributed by atoms with van der Waals surface area (Å²) in [4.78, 5) is 34.7. The molecule has 2 aromatic rings. The molecule has 1 aliphatic rings. The molecule has 0 aromatic carbocycles.